The Kier molecular flexibility index (Phi) is 8.79. The summed E-state index contributed by atoms with van der Waals surface area (Å²) in [5.41, 5.74) is 4.60. The van der Waals surface area contributed by atoms with Crippen molar-refractivity contribution in [3.8, 4) is 11.3 Å². The molecule has 1 aromatic carbocycles. The molecule has 10 heteroatoms. The summed E-state index contributed by atoms with van der Waals surface area (Å²) in [4.78, 5) is 48.5. The van der Waals surface area contributed by atoms with Crippen LogP contribution < -0.4 is 16.2 Å². The van der Waals surface area contributed by atoms with Gasteiger partial charge in [-0.25, -0.2) is 9.67 Å². The number of pyridine rings is 2. The van der Waals surface area contributed by atoms with Gasteiger partial charge in [-0.2, -0.15) is 5.10 Å². The summed E-state index contributed by atoms with van der Waals surface area (Å²) in [5, 5.41) is 11.0. The Morgan fingerprint density at radius 1 is 1.07 bits per heavy atom. The summed E-state index contributed by atoms with van der Waals surface area (Å²) < 4.78 is 1.77. The van der Waals surface area contributed by atoms with E-state index in [2.05, 4.69) is 25.6 Å². The van der Waals surface area contributed by atoms with E-state index in [4.69, 9.17) is 4.98 Å². The average Bonchev–Trinajstić information content (AvgIpc) is 3.34. The van der Waals surface area contributed by atoms with Crippen LogP contribution in [0.4, 0.5) is 0 Å². The van der Waals surface area contributed by atoms with Crippen molar-refractivity contribution in [1.82, 2.24) is 35.3 Å². The molecule has 0 bridgehead atoms. The van der Waals surface area contributed by atoms with Crippen LogP contribution in [0.25, 0.3) is 22.3 Å². The van der Waals surface area contributed by atoms with Gasteiger partial charge >= 0.3 is 0 Å². The van der Waals surface area contributed by atoms with Crippen molar-refractivity contribution in [2.45, 2.75) is 46.7 Å². The molecule has 0 saturated carbocycles. The number of hydrogen-bond acceptors (Lipinski definition) is 6. The highest BCUT2D eigenvalue weighted by Crippen LogP contribution is 2.27. The molecule has 210 valence electrons. The van der Waals surface area contributed by atoms with Gasteiger partial charge in [0, 0.05) is 41.5 Å². The summed E-state index contributed by atoms with van der Waals surface area (Å²) >= 11 is 0. The van der Waals surface area contributed by atoms with Gasteiger partial charge in [0.2, 0.25) is 0 Å². The van der Waals surface area contributed by atoms with Gasteiger partial charge < -0.3 is 20.5 Å². The number of aromatic nitrogens is 4. The molecule has 0 aliphatic carbocycles. The highest BCUT2D eigenvalue weighted by molar-refractivity contribution is 6.06. The quantitative estimate of drug-likeness (QED) is 0.263. The SMILES string of the molecule is Cc1cc(C)c(CNC(=O)c2cc(-c3cccc(C(=O)NCCCN(C)C)c3)nc3c2cnn3C(C)C)c(=O)[nH]1. The molecule has 0 radical (unpaired) electrons. The predicted molar refractivity (Wildman–Crippen MR) is 157 cm³/mol. The first-order chi connectivity index (χ1) is 19.0. The fourth-order valence-corrected chi connectivity index (χ4v) is 4.62. The van der Waals surface area contributed by atoms with Gasteiger partial charge in [0.15, 0.2) is 5.65 Å². The minimum Gasteiger partial charge on any atom is -0.352 e. The number of nitrogens with zero attached hydrogens (tertiary/aromatic N) is 4. The molecule has 10 nitrogen and oxygen atoms in total. The number of amides is 2. The Hall–Kier alpha value is -4.31. The first kappa shape index (κ1) is 28.7. The molecule has 3 heterocycles. The summed E-state index contributed by atoms with van der Waals surface area (Å²) in [6.45, 7) is 9.21. The largest absolute Gasteiger partial charge is 0.352 e. The molecule has 0 fully saturated rings. The Morgan fingerprint density at radius 3 is 2.55 bits per heavy atom. The highest BCUT2D eigenvalue weighted by Gasteiger charge is 2.20. The maximum absolute atomic E-state index is 13.5. The van der Waals surface area contributed by atoms with Gasteiger partial charge in [-0.1, -0.05) is 12.1 Å². The zero-order chi connectivity index (χ0) is 29.0. The fourth-order valence-electron chi connectivity index (χ4n) is 4.62. The number of benzene rings is 1. The number of nitrogens with one attached hydrogen (secondary N) is 3. The van der Waals surface area contributed by atoms with Gasteiger partial charge in [0.1, 0.15) is 0 Å². The van der Waals surface area contributed by atoms with Crippen molar-refractivity contribution in [2.75, 3.05) is 27.2 Å². The molecule has 3 N–H and O–H groups in total. The third-order valence-corrected chi connectivity index (χ3v) is 6.71. The number of hydrogen-bond donors (Lipinski definition) is 3. The Labute approximate surface area is 233 Å². The van der Waals surface area contributed by atoms with E-state index in [1.54, 1.807) is 29.1 Å². The second-order valence-corrected chi connectivity index (χ2v) is 10.6. The van der Waals surface area contributed by atoms with Crippen LogP contribution >= 0.6 is 0 Å². The maximum Gasteiger partial charge on any atom is 0.253 e. The molecule has 4 rings (SSSR count). The predicted octanol–water partition coefficient (Wildman–Crippen LogP) is 3.60. The third-order valence-electron chi connectivity index (χ3n) is 6.71. The first-order valence-corrected chi connectivity index (χ1v) is 13.4. The molecule has 2 amide bonds. The number of fused-ring (bicyclic) bond motifs is 1. The van der Waals surface area contributed by atoms with E-state index in [0.29, 0.717) is 45.5 Å². The van der Waals surface area contributed by atoms with Crippen LogP contribution in [0.1, 0.15) is 63.8 Å². The van der Waals surface area contributed by atoms with E-state index in [1.165, 1.54) is 0 Å². The van der Waals surface area contributed by atoms with Crippen molar-refractivity contribution in [3.05, 3.63) is 80.9 Å². The fraction of sp³-hybridized carbons (Fsp3) is 0.367. The standard InChI is InChI=1S/C30H37N7O3/c1-18(2)37-27-25(17-33-37)23(29(39)32-16-24-19(3)13-20(4)34-30(24)40)15-26(35-27)21-9-7-10-22(14-21)28(38)31-11-8-12-36(5)6/h7,9-10,13-15,17-18H,8,11-12,16H2,1-6H3,(H,31,38)(H,32,39)(H,34,40). The summed E-state index contributed by atoms with van der Waals surface area (Å²) in [6.07, 6.45) is 2.49. The monoisotopic (exact) mass is 543 g/mol. The molecule has 0 unspecified atom stereocenters. The number of carbonyl (C=O) groups excluding carboxylic acids is 2. The lowest BCUT2D eigenvalue weighted by Gasteiger charge is -2.13. The van der Waals surface area contributed by atoms with E-state index < -0.39 is 0 Å². The smallest absolute Gasteiger partial charge is 0.253 e. The minimum absolute atomic E-state index is 0.0178. The molecule has 4 aromatic rings. The second-order valence-electron chi connectivity index (χ2n) is 10.6. The van der Waals surface area contributed by atoms with E-state index in [9.17, 15) is 14.4 Å². The average molecular weight is 544 g/mol. The lowest BCUT2D eigenvalue weighted by atomic mass is 10.0. The van der Waals surface area contributed by atoms with Crippen LogP contribution in [0.2, 0.25) is 0 Å². The molecule has 0 spiro atoms. The lowest BCUT2D eigenvalue weighted by molar-refractivity contribution is 0.0944. The summed E-state index contributed by atoms with van der Waals surface area (Å²) in [7, 11) is 4.00. The number of aryl methyl sites for hydroxylation is 2. The van der Waals surface area contributed by atoms with Gasteiger partial charge in [0.05, 0.1) is 22.8 Å². The van der Waals surface area contributed by atoms with Gasteiger partial charge in [0.25, 0.3) is 17.4 Å². The van der Waals surface area contributed by atoms with Crippen molar-refractivity contribution in [3.63, 3.8) is 0 Å². The number of rotatable bonds is 10. The van der Waals surface area contributed by atoms with Crippen LogP contribution in [-0.2, 0) is 6.54 Å². The maximum atomic E-state index is 13.5. The highest BCUT2D eigenvalue weighted by atomic mass is 16.2. The zero-order valence-corrected chi connectivity index (χ0v) is 24.0. The van der Waals surface area contributed by atoms with E-state index in [1.807, 2.05) is 60.0 Å². The van der Waals surface area contributed by atoms with Crippen LogP contribution in [0, 0.1) is 13.8 Å². The Balaban J connectivity index is 1.66. The molecule has 0 atom stereocenters. The number of aromatic amines is 1. The van der Waals surface area contributed by atoms with Crippen molar-refractivity contribution < 1.29 is 9.59 Å². The van der Waals surface area contributed by atoms with Crippen molar-refractivity contribution in [1.29, 1.82) is 0 Å². The van der Waals surface area contributed by atoms with Gasteiger partial charge in [-0.3, -0.25) is 14.4 Å². The Morgan fingerprint density at radius 2 is 1.85 bits per heavy atom. The minimum atomic E-state index is -0.342. The normalized spacial score (nSPS) is 11.4. The molecular formula is C30H37N7O3. The molecule has 3 aromatic heterocycles. The topological polar surface area (TPSA) is 125 Å². The van der Waals surface area contributed by atoms with Crippen LogP contribution in [0.3, 0.4) is 0 Å². The molecule has 0 aliphatic heterocycles. The van der Waals surface area contributed by atoms with Crippen molar-refractivity contribution in [2.24, 2.45) is 0 Å². The second kappa shape index (κ2) is 12.3. The van der Waals surface area contributed by atoms with E-state index in [0.717, 1.165) is 24.2 Å². The molecule has 0 aliphatic rings. The van der Waals surface area contributed by atoms with Crippen molar-refractivity contribution >= 4 is 22.8 Å². The van der Waals surface area contributed by atoms with Crippen LogP contribution in [-0.4, -0.2) is 63.6 Å². The number of carbonyl (C=O) groups is 2. The summed E-state index contributed by atoms with van der Waals surface area (Å²) in [5.74, 6) is -0.503. The third kappa shape index (κ3) is 6.45. The Bertz CT molecular complexity index is 1600. The molecular weight excluding hydrogens is 506 g/mol. The lowest BCUT2D eigenvalue weighted by Crippen LogP contribution is -2.28. The first-order valence-electron chi connectivity index (χ1n) is 13.4. The molecule has 40 heavy (non-hydrogen) atoms. The van der Waals surface area contributed by atoms with E-state index in [-0.39, 0.29) is 30.0 Å². The van der Waals surface area contributed by atoms with Gasteiger partial charge in [-0.05, 0) is 84.6 Å². The van der Waals surface area contributed by atoms with Crippen LogP contribution in [0.5, 0.6) is 0 Å². The number of H-pyrrole nitrogens is 1. The molecule has 0 saturated heterocycles. The summed E-state index contributed by atoms with van der Waals surface area (Å²) in [6, 6.07) is 10.8. The van der Waals surface area contributed by atoms with Gasteiger partial charge in [-0.15, -0.1) is 0 Å². The zero-order valence-electron chi connectivity index (χ0n) is 24.0. The van der Waals surface area contributed by atoms with E-state index >= 15 is 0 Å². The van der Waals surface area contributed by atoms with Crippen LogP contribution in [0.15, 0.2) is 47.4 Å².